The number of halogens is 4. The number of aromatic nitrogens is 2. The summed E-state index contributed by atoms with van der Waals surface area (Å²) in [5, 5.41) is 3.56. The van der Waals surface area contributed by atoms with E-state index in [1.165, 1.54) is 7.05 Å². The van der Waals surface area contributed by atoms with Gasteiger partial charge in [0.1, 0.15) is 10.3 Å². The number of aryl methyl sites for hydroxylation is 1. The zero-order valence-corrected chi connectivity index (χ0v) is 7.98. The SMILES string of the molecule is Cn1nc(Br)cc1C(=O)C(F)(F)F. The predicted molar refractivity (Wildman–Crippen MR) is 41.3 cm³/mol. The van der Waals surface area contributed by atoms with E-state index in [0.29, 0.717) is 0 Å². The Bertz CT molecular complexity index is 344. The van der Waals surface area contributed by atoms with Crippen molar-refractivity contribution in [1.82, 2.24) is 9.78 Å². The third kappa shape index (κ3) is 2.09. The second-order valence-electron chi connectivity index (χ2n) is 2.30. The lowest BCUT2D eigenvalue weighted by Crippen LogP contribution is -2.25. The summed E-state index contributed by atoms with van der Waals surface area (Å²) in [4.78, 5) is 10.7. The lowest BCUT2D eigenvalue weighted by Gasteiger charge is -2.03. The van der Waals surface area contributed by atoms with Crippen molar-refractivity contribution in [2.24, 2.45) is 7.05 Å². The van der Waals surface area contributed by atoms with Gasteiger partial charge in [-0.3, -0.25) is 9.48 Å². The summed E-state index contributed by atoms with van der Waals surface area (Å²) in [5.74, 6) is -1.90. The Hall–Kier alpha value is -0.850. The molecule has 1 heterocycles. The minimum Gasteiger partial charge on any atom is -0.282 e. The van der Waals surface area contributed by atoms with Crippen LogP contribution in [0.25, 0.3) is 0 Å². The summed E-state index contributed by atoms with van der Waals surface area (Å²) in [7, 11) is 1.27. The van der Waals surface area contributed by atoms with Crippen LogP contribution in [0.3, 0.4) is 0 Å². The Labute approximate surface area is 79.7 Å². The average molecular weight is 257 g/mol. The fraction of sp³-hybridized carbons (Fsp3) is 0.333. The molecule has 0 saturated carbocycles. The maximum atomic E-state index is 11.9. The van der Waals surface area contributed by atoms with Crippen LogP contribution in [0.1, 0.15) is 10.5 Å². The molecule has 0 aliphatic carbocycles. The summed E-state index contributed by atoms with van der Waals surface area (Å²) in [6, 6.07) is 1.02. The molecule has 0 bridgehead atoms. The van der Waals surface area contributed by atoms with Crippen LogP contribution in [-0.2, 0) is 7.05 Å². The summed E-state index contributed by atoms with van der Waals surface area (Å²) in [5.41, 5.74) is -0.487. The number of alkyl halides is 3. The van der Waals surface area contributed by atoms with E-state index >= 15 is 0 Å². The number of ketones is 1. The van der Waals surface area contributed by atoms with Crippen LogP contribution in [0.15, 0.2) is 10.7 Å². The number of carbonyl (C=O) groups excluding carboxylic acids is 1. The monoisotopic (exact) mass is 256 g/mol. The lowest BCUT2D eigenvalue weighted by atomic mass is 10.3. The minimum absolute atomic E-state index is 0.197. The van der Waals surface area contributed by atoms with E-state index in [0.717, 1.165) is 10.7 Å². The third-order valence-corrected chi connectivity index (χ3v) is 1.73. The smallest absolute Gasteiger partial charge is 0.282 e. The highest BCUT2D eigenvalue weighted by atomic mass is 79.9. The van der Waals surface area contributed by atoms with Gasteiger partial charge in [0.25, 0.3) is 5.78 Å². The zero-order valence-electron chi connectivity index (χ0n) is 6.39. The van der Waals surface area contributed by atoms with E-state index in [1.807, 2.05) is 0 Å². The standard InChI is InChI=1S/C6H4BrF3N2O/c1-12-3(2-4(7)11-12)5(13)6(8,9)10/h2H,1H3. The molecule has 0 amide bonds. The first-order valence-corrected chi connectivity index (χ1v) is 3.92. The molecule has 0 atom stereocenters. The molecule has 1 aromatic rings. The topological polar surface area (TPSA) is 34.9 Å². The summed E-state index contributed by atoms with van der Waals surface area (Å²) >= 11 is 2.87. The van der Waals surface area contributed by atoms with Crippen molar-refractivity contribution in [3.05, 3.63) is 16.4 Å². The first-order valence-electron chi connectivity index (χ1n) is 3.13. The van der Waals surface area contributed by atoms with Crippen LogP contribution in [0, 0.1) is 0 Å². The van der Waals surface area contributed by atoms with E-state index in [-0.39, 0.29) is 4.60 Å². The molecule has 0 aliphatic rings. The van der Waals surface area contributed by atoms with Crippen molar-refractivity contribution < 1.29 is 18.0 Å². The fourth-order valence-electron chi connectivity index (χ4n) is 0.790. The van der Waals surface area contributed by atoms with Crippen molar-refractivity contribution in [2.45, 2.75) is 6.18 Å². The number of rotatable bonds is 1. The van der Waals surface area contributed by atoms with Gasteiger partial charge in [0.15, 0.2) is 0 Å². The van der Waals surface area contributed by atoms with E-state index in [4.69, 9.17) is 0 Å². The van der Waals surface area contributed by atoms with Crippen LogP contribution in [-0.4, -0.2) is 21.7 Å². The van der Waals surface area contributed by atoms with Crippen LogP contribution in [0.4, 0.5) is 13.2 Å². The van der Waals surface area contributed by atoms with Crippen molar-refractivity contribution >= 4 is 21.7 Å². The first-order chi connectivity index (χ1) is 5.82. The summed E-state index contributed by atoms with van der Waals surface area (Å²) < 4.78 is 36.8. The molecule has 7 heteroatoms. The number of hydrogen-bond acceptors (Lipinski definition) is 2. The molecule has 0 unspecified atom stereocenters. The van der Waals surface area contributed by atoms with Crippen molar-refractivity contribution in [3.8, 4) is 0 Å². The van der Waals surface area contributed by atoms with Gasteiger partial charge in [0.05, 0.1) is 0 Å². The molecule has 1 rings (SSSR count). The van der Waals surface area contributed by atoms with Gasteiger partial charge in [-0.15, -0.1) is 0 Å². The van der Waals surface area contributed by atoms with Crippen molar-refractivity contribution in [3.63, 3.8) is 0 Å². The van der Waals surface area contributed by atoms with Gasteiger partial charge in [-0.1, -0.05) is 0 Å². The highest BCUT2D eigenvalue weighted by Gasteiger charge is 2.41. The molecule has 72 valence electrons. The minimum atomic E-state index is -4.85. The molecule has 0 radical (unpaired) electrons. The van der Waals surface area contributed by atoms with Gasteiger partial charge in [-0.25, -0.2) is 0 Å². The molecule has 13 heavy (non-hydrogen) atoms. The van der Waals surface area contributed by atoms with Gasteiger partial charge in [0.2, 0.25) is 0 Å². The molecule has 0 fully saturated rings. The Balaban J connectivity index is 3.09. The van der Waals surface area contributed by atoms with Gasteiger partial charge < -0.3 is 0 Å². The zero-order chi connectivity index (χ0) is 10.2. The van der Waals surface area contributed by atoms with Gasteiger partial charge in [0, 0.05) is 13.1 Å². The molecule has 0 spiro atoms. The van der Waals surface area contributed by atoms with Crippen LogP contribution >= 0.6 is 15.9 Å². The third-order valence-electron chi connectivity index (χ3n) is 1.34. The highest BCUT2D eigenvalue weighted by Crippen LogP contribution is 2.22. The lowest BCUT2D eigenvalue weighted by molar-refractivity contribution is -0.0890. The van der Waals surface area contributed by atoms with E-state index < -0.39 is 17.7 Å². The van der Waals surface area contributed by atoms with Crippen molar-refractivity contribution in [1.29, 1.82) is 0 Å². The Morgan fingerprint density at radius 1 is 1.62 bits per heavy atom. The first kappa shape index (κ1) is 10.2. The second kappa shape index (κ2) is 3.13. The molecular formula is C6H4BrF3N2O. The quantitative estimate of drug-likeness (QED) is 0.720. The second-order valence-corrected chi connectivity index (χ2v) is 3.12. The van der Waals surface area contributed by atoms with Crippen LogP contribution in [0.2, 0.25) is 0 Å². The van der Waals surface area contributed by atoms with E-state index in [9.17, 15) is 18.0 Å². The molecule has 1 aromatic heterocycles. The molecule has 3 nitrogen and oxygen atoms in total. The molecule has 0 saturated heterocycles. The largest absolute Gasteiger partial charge is 0.456 e. The number of nitrogens with zero attached hydrogens (tertiary/aromatic N) is 2. The fourth-order valence-corrected chi connectivity index (χ4v) is 1.24. The van der Waals surface area contributed by atoms with Gasteiger partial charge >= 0.3 is 6.18 Å². The molecule has 0 aliphatic heterocycles. The maximum absolute atomic E-state index is 11.9. The van der Waals surface area contributed by atoms with Gasteiger partial charge in [-0.05, 0) is 15.9 Å². The number of carbonyl (C=O) groups is 1. The van der Waals surface area contributed by atoms with Gasteiger partial charge in [-0.2, -0.15) is 18.3 Å². The molecule has 0 N–H and O–H groups in total. The van der Waals surface area contributed by atoms with Crippen LogP contribution in [0.5, 0.6) is 0 Å². The Morgan fingerprint density at radius 2 is 2.15 bits per heavy atom. The summed E-state index contributed by atoms with van der Waals surface area (Å²) in [6.07, 6.45) is -4.85. The highest BCUT2D eigenvalue weighted by molar-refractivity contribution is 9.10. The number of Topliss-reactive ketones (excluding diaryl/α,β-unsaturated/α-hetero) is 1. The van der Waals surface area contributed by atoms with Crippen LogP contribution < -0.4 is 0 Å². The average Bonchev–Trinajstić information content (AvgIpc) is 2.26. The summed E-state index contributed by atoms with van der Waals surface area (Å²) in [6.45, 7) is 0. The Kier molecular flexibility index (Phi) is 2.47. The maximum Gasteiger partial charge on any atom is 0.456 e. The normalized spacial score (nSPS) is 11.8. The predicted octanol–water partition coefficient (Wildman–Crippen LogP) is 1.93. The van der Waals surface area contributed by atoms with E-state index in [1.54, 1.807) is 0 Å². The Morgan fingerprint density at radius 3 is 2.46 bits per heavy atom. The molecular weight excluding hydrogens is 253 g/mol. The number of hydrogen-bond donors (Lipinski definition) is 0. The van der Waals surface area contributed by atoms with Crippen molar-refractivity contribution in [2.75, 3.05) is 0 Å². The van der Waals surface area contributed by atoms with E-state index in [2.05, 4.69) is 21.0 Å². The molecule has 0 aromatic carbocycles.